The fourth-order valence-electron chi connectivity index (χ4n) is 3.48. The molecule has 0 unspecified atom stereocenters. The SMILES string of the molecule is NC(=O)c1ccc(-n2cc(-c3cccc(-c4cn(-c5ccc(C(N)=O)c(O)c5)nn4)n3)nn2)cc1O. The first-order chi connectivity index (χ1) is 17.3. The van der Waals surface area contributed by atoms with E-state index in [2.05, 4.69) is 25.6 Å². The van der Waals surface area contributed by atoms with Gasteiger partial charge in [0.05, 0.1) is 46.3 Å². The number of pyridine rings is 1. The first-order valence-electron chi connectivity index (χ1n) is 10.4. The van der Waals surface area contributed by atoms with E-state index in [0.29, 0.717) is 34.2 Å². The molecule has 178 valence electrons. The number of hydrogen-bond acceptors (Lipinski definition) is 9. The number of carbonyl (C=O) groups excluding carboxylic acids is 2. The van der Waals surface area contributed by atoms with Gasteiger partial charge in [-0.3, -0.25) is 9.59 Å². The van der Waals surface area contributed by atoms with Crippen LogP contribution in [0.4, 0.5) is 0 Å². The molecule has 36 heavy (non-hydrogen) atoms. The molecule has 0 atom stereocenters. The molecule has 0 radical (unpaired) electrons. The van der Waals surface area contributed by atoms with Crippen LogP contribution in [0.15, 0.2) is 67.0 Å². The Kier molecular flexibility index (Phi) is 5.33. The van der Waals surface area contributed by atoms with Gasteiger partial charge in [-0.25, -0.2) is 14.3 Å². The minimum atomic E-state index is -0.740. The quantitative estimate of drug-likeness (QED) is 0.273. The molecule has 2 aromatic carbocycles. The van der Waals surface area contributed by atoms with Crippen molar-refractivity contribution in [3.8, 4) is 45.6 Å². The standard InChI is InChI=1S/C23H17N9O4/c24-22(35)14-6-4-12(8-20(14)33)31-10-18(27-29-31)16-2-1-3-17(26-16)19-11-32(30-28-19)13-5-7-15(23(25)36)21(34)9-13/h1-11,33-34H,(H2,24,35)(H2,25,36). The van der Waals surface area contributed by atoms with Gasteiger partial charge >= 0.3 is 0 Å². The minimum absolute atomic E-state index is 0.000489. The lowest BCUT2D eigenvalue weighted by atomic mass is 10.1. The highest BCUT2D eigenvalue weighted by atomic mass is 16.3. The van der Waals surface area contributed by atoms with E-state index in [-0.39, 0.29) is 22.6 Å². The monoisotopic (exact) mass is 483 g/mol. The molecule has 3 heterocycles. The van der Waals surface area contributed by atoms with Gasteiger partial charge in [-0.05, 0) is 36.4 Å². The number of carbonyl (C=O) groups is 2. The number of hydrogen-bond donors (Lipinski definition) is 4. The molecule has 5 aromatic rings. The van der Waals surface area contributed by atoms with E-state index in [1.807, 2.05) is 0 Å². The average molecular weight is 483 g/mol. The third-order valence-corrected chi connectivity index (χ3v) is 5.28. The Balaban J connectivity index is 1.42. The number of nitrogens with zero attached hydrogens (tertiary/aromatic N) is 7. The smallest absolute Gasteiger partial charge is 0.252 e. The first-order valence-corrected chi connectivity index (χ1v) is 10.4. The normalized spacial score (nSPS) is 10.9. The van der Waals surface area contributed by atoms with Crippen LogP contribution in [0.5, 0.6) is 11.5 Å². The lowest BCUT2D eigenvalue weighted by Crippen LogP contribution is -2.11. The maximum absolute atomic E-state index is 11.3. The molecule has 0 saturated carbocycles. The number of phenols is 2. The van der Waals surface area contributed by atoms with E-state index in [1.165, 1.54) is 33.6 Å². The third-order valence-electron chi connectivity index (χ3n) is 5.28. The minimum Gasteiger partial charge on any atom is -0.507 e. The lowest BCUT2D eigenvalue weighted by molar-refractivity contribution is 0.0989. The second kappa shape index (κ2) is 8.64. The Morgan fingerprint density at radius 2 is 1.11 bits per heavy atom. The van der Waals surface area contributed by atoms with Crippen molar-refractivity contribution in [1.29, 1.82) is 0 Å². The van der Waals surface area contributed by atoms with Crippen LogP contribution in [0.3, 0.4) is 0 Å². The highest BCUT2D eigenvalue weighted by Crippen LogP contribution is 2.25. The molecule has 0 fully saturated rings. The summed E-state index contributed by atoms with van der Waals surface area (Å²) in [7, 11) is 0. The molecule has 2 amide bonds. The summed E-state index contributed by atoms with van der Waals surface area (Å²) in [6, 6.07) is 13.9. The third kappa shape index (κ3) is 4.07. The zero-order valence-electron chi connectivity index (χ0n) is 18.3. The zero-order valence-corrected chi connectivity index (χ0v) is 18.3. The number of benzene rings is 2. The molecule has 13 nitrogen and oxygen atoms in total. The van der Waals surface area contributed by atoms with Gasteiger partial charge in [0.2, 0.25) is 0 Å². The van der Waals surface area contributed by atoms with Crippen molar-refractivity contribution < 1.29 is 19.8 Å². The number of aromatic nitrogens is 7. The summed E-state index contributed by atoms with van der Waals surface area (Å²) in [5.41, 5.74) is 13.3. The Labute approximate surface area is 202 Å². The Morgan fingerprint density at radius 1 is 0.667 bits per heavy atom. The number of amides is 2. The van der Waals surface area contributed by atoms with Gasteiger partial charge in [0.15, 0.2) is 0 Å². The van der Waals surface area contributed by atoms with E-state index in [4.69, 9.17) is 11.5 Å². The highest BCUT2D eigenvalue weighted by Gasteiger charge is 2.14. The van der Waals surface area contributed by atoms with Crippen LogP contribution in [0.2, 0.25) is 0 Å². The summed E-state index contributed by atoms with van der Waals surface area (Å²) in [4.78, 5) is 27.2. The Morgan fingerprint density at radius 3 is 1.50 bits per heavy atom. The zero-order chi connectivity index (χ0) is 25.4. The molecule has 13 heteroatoms. The maximum atomic E-state index is 11.3. The largest absolute Gasteiger partial charge is 0.507 e. The molecule has 0 saturated heterocycles. The van der Waals surface area contributed by atoms with E-state index in [9.17, 15) is 19.8 Å². The molecule has 0 aliphatic heterocycles. The van der Waals surface area contributed by atoms with Gasteiger partial charge in [0.1, 0.15) is 22.9 Å². The molecule has 0 aliphatic rings. The first kappa shape index (κ1) is 22.2. The molecule has 0 bridgehead atoms. The van der Waals surface area contributed by atoms with Gasteiger partial charge in [-0.15, -0.1) is 10.2 Å². The van der Waals surface area contributed by atoms with Crippen molar-refractivity contribution in [1.82, 2.24) is 35.0 Å². The number of primary amides is 2. The van der Waals surface area contributed by atoms with E-state index >= 15 is 0 Å². The summed E-state index contributed by atoms with van der Waals surface area (Å²) in [6.45, 7) is 0. The summed E-state index contributed by atoms with van der Waals surface area (Å²) >= 11 is 0. The number of nitrogens with two attached hydrogens (primary N) is 2. The maximum Gasteiger partial charge on any atom is 0.252 e. The molecular weight excluding hydrogens is 466 g/mol. The molecule has 0 aliphatic carbocycles. The van der Waals surface area contributed by atoms with Crippen LogP contribution in [0, 0.1) is 0 Å². The van der Waals surface area contributed by atoms with E-state index < -0.39 is 11.8 Å². The second-order valence-corrected chi connectivity index (χ2v) is 7.64. The Hall–Kier alpha value is -5.59. The fourth-order valence-corrected chi connectivity index (χ4v) is 3.48. The van der Waals surface area contributed by atoms with Gasteiger partial charge in [0, 0.05) is 12.1 Å². The summed E-state index contributed by atoms with van der Waals surface area (Å²) in [6.07, 6.45) is 3.23. The molecule has 6 N–H and O–H groups in total. The van der Waals surface area contributed by atoms with Crippen molar-refractivity contribution in [3.05, 3.63) is 78.1 Å². The summed E-state index contributed by atoms with van der Waals surface area (Å²) in [5, 5.41) is 36.5. The molecule has 0 spiro atoms. The summed E-state index contributed by atoms with van der Waals surface area (Å²) < 4.78 is 2.85. The van der Waals surface area contributed by atoms with Crippen molar-refractivity contribution in [2.45, 2.75) is 0 Å². The highest BCUT2D eigenvalue weighted by molar-refractivity contribution is 5.96. The molecule has 3 aromatic heterocycles. The number of rotatable bonds is 6. The van der Waals surface area contributed by atoms with Gasteiger partial charge in [-0.2, -0.15) is 0 Å². The Bertz CT molecular complexity index is 1520. The van der Waals surface area contributed by atoms with Crippen LogP contribution >= 0.6 is 0 Å². The van der Waals surface area contributed by atoms with Crippen LogP contribution in [0.25, 0.3) is 34.2 Å². The van der Waals surface area contributed by atoms with Gasteiger partial charge < -0.3 is 21.7 Å². The van der Waals surface area contributed by atoms with Crippen LogP contribution in [-0.4, -0.2) is 57.0 Å². The predicted octanol–water partition coefficient (Wildman–Crippen LogP) is 1.19. The predicted molar refractivity (Wildman–Crippen MR) is 125 cm³/mol. The topological polar surface area (TPSA) is 201 Å². The van der Waals surface area contributed by atoms with Crippen LogP contribution < -0.4 is 11.5 Å². The van der Waals surface area contributed by atoms with Gasteiger partial charge in [-0.1, -0.05) is 16.5 Å². The van der Waals surface area contributed by atoms with Crippen LogP contribution in [0.1, 0.15) is 20.7 Å². The van der Waals surface area contributed by atoms with Crippen LogP contribution in [-0.2, 0) is 0 Å². The van der Waals surface area contributed by atoms with Crippen molar-refractivity contribution in [2.75, 3.05) is 0 Å². The fraction of sp³-hybridized carbons (Fsp3) is 0. The van der Waals surface area contributed by atoms with Gasteiger partial charge in [0.25, 0.3) is 11.8 Å². The molecule has 5 rings (SSSR count). The van der Waals surface area contributed by atoms with E-state index in [0.717, 1.165) is 0 Å². The van der Waals surface area contributed by atoms with Crippen molar-refractivity contribution >= 4 is 11.8 Å². The summed E-state index contributed by atoms with van der Waals surface area (Å²) in [5.74, 6) is -2.01. The van der Waals surface area contributed by atoms with E-state index in [1.54, 1.807) is 42.7 Å². The molecular formula is C23H17N9O4. The second-order valence-electron chi connectivity index (χ2n) is 7.64. The van der Waals surface area contributed by atoms with Crippen molar-refractivity contribution in [3.63, 3.8) is 0 Å². The van der Waals surface area contributed by atoms with Crippen molar-refractivity contribution in [2.24, 2.45) is 11.5 Å². The number of aromatic hydroxyl groups is 2. The average Bonchev–Trinajstić information content (AvgIpc) is 3.54. The lowest BCUT2D eigenvalue weighted by Gasteiger charge is -2.04.